The average Bonchev–Trinajstić information content (AvgIpc) is 2.47. The fourth-order valence-corrected chi connectivity index (χ4v) is 3.43. The summed E-state index contributed by atoms with van der Waals surface area (Å²) in [5, 5.41) is 9.51. The molecule has 5 nitrogen and oxygen atoms in total. The lowest BCUT2D eigenvalue weighted by atomic mass is 9.73. The number of rotatable bonds is 2. The molecule has 0 spiro atoms. The predicted octanol–water partition coefficient (Wildman–Crippen LogP) is 1.57. The number of nitrogens with two attached hydrogens (primary N) is 1. The van der Waals surface area contributed by atoms with Crippen molar-refractivity contribution in [3.8, 4) is 6.07 Å². The van der Waals surface area contributed by atoms with Crippen molar-refractivity contribution in [2.75, 3.05) is 6.54 Å². The Balaban J connectivity index is 2.17. The molecule has 2 rings (SSSR count). The molecule has 2 N–H and O–H groups in total. The van der Waals surface area contributed by atoms with E-state index in [0.717, 1.165) is 32.1 Å². The maximum absolute atomic E-state index is 12.8. The molecule has 0 aromatic rings. The number of nitrogens with zero attached hydrogens (tertiary/aromatic N) is 2. The Labute approximate surface area is 120 Å². The van der Waals surface area contributed by atoms with E-state index in [2.05, 4.69) is 6.07 Å². The third kappa shape index (κ3) is 2.65. The largest absolute Gasteiger partial charge is 0.369 e. The van der Waals surface area contributed by atoms with Crippen LogP contribution in [-0.4, -0.2) is 29.3 Å². The van der Waals surface area contributed by atoms with Crippen LogP contribution in [0, 0.1) is 22.7 Å². The summed E-state index contributed by atoms with van der Waals surface area (Å²) in [6.45, 7) is 2.36. The lowest BCUT2D eigenvalue weighted by molar-refractivity contribution is -0.146. The molecule has 2 unspecified atom stereocenters. The molecule has 1 heterocycles. The molecule has 5 heteroatoms. The molecule has 1 saturated heterocycles. The summed E-state index contributed by atoms with van der Waals surface area (Å²) in [4.78, 5) is 25.9. The number of hydrogen-bond acceptors (Lipinski definition) is 3. The zero-order valence-corrected chi connectivity index (χ0v) is 12.1. The topological polar surface area (TPSA) is 87.2 Å². The van der Waals surface area contributed by atoms with Crippen molar-refractivity contribution < 1.29 is 9.59 Å². The van der Waals surface area contributed by atoms with Gasteiger partial charge in [0.1, 0.15) is 5.41 Å². The van der Waals surface area contributed by atoms with E-state index < -0.39 is 5.41 Å². The van der Waals surface area contributed by atoms with Gasteiger partial charge in [0.15, 0.2) is 0 Å². The summed E-state index contributed by atoms with van der Waals surface area (Å²) in [7, 11) is 0. The minimum absolute atomic E-state index is 0.0850. The molecule has 0 bridgehead atoms. The molecule has 0 aromatic carbocycles. The summed E-state index contributed by atoms with van der Waals surface area (Å²) in [6.07, 6.45) is 5.76. The highest BCUT2D eigenvalue weighted by Crippen LogP contribution is 2.39. The number of carbonyl (C=O) groups excluding carboxylic acids is 2. The van der Waals surface area contributed by atoms with Crippen molar-refractivity contribution in [2.45, 2.75) is 57.9 Å². The van der Waals surface area contributed by atoms with Gasteiger partial charge in [-0.3, -0.25) is 9.59 Å². The van der Waals surface area contributed by atoms with E-state index in [1.54, 1.807) is 4.90 Å². The maximum Gasteiger partial charge on any atom is 0.243 e. The second-order valence-corrected chi connectivity index (χ2v) is 6.24. The van der Waals surface area contributed by atoms with Crippen LogP contribution in [-0.2, 0) is 9.59 Å². The van der Waals surface area contributed by atoms with Gasteiger partial charge in [0.2, 0.25) is 11.8 Å². The number of nitriles is 1. The summed E-state index contributed by atoms with van der Waals surface area (Å²) >= 11 is 0. The van der Waals surface area contributed by atoms with E-state index in [4.69, 9.17) is 5.73 Å². The molecule has 2 atom stereocenters. The summed E-state index contributed by atoms with van der Waals surface area (Å²) < 4.78 is 0. The second-order valence-electron chi connectivity index (χ2n) is 6.24. The summed E-state index contributed by atoms with van der Waals surface area (Å²) in [5.74, 6) is -0.697. The first-order valence-electron chi connectivity index (χ1n) is 7.52. The van der Waals surface area contributed by atoms with Crippen LogP contribution in [0.5, 0.6) is 0 Å². The lowest BCUT2D eigenvalue weighted by Gasteiger charge is -2.42. The molecular weight excluding hydrogens is 254 g/mol. The molecule has 1 saturated carbocycles. The third-order valence-corrected chi connectivity index (χ3v) is 4.88. The first-order chi connectivity index (χ1) is 9.50. The number of carbonyl (C=O) groups is 2. The number of likely N-dealkylation sites (tertiary alicyclic amines) is 1. The molecule has 1 aliphatic carbocycles. The number of hydrogen-bond donors (Lipinski definition) is 1. The molecule has 0 aromatic heterocycles. The van der Waals surface area contributed by atoms with Crippen LogP contribution in [0.4, 0.5) is 0 Å². The van der Waals surface area contributed by atoms with Gasteiger partial charge in [-0.15, -0.1) is 0 Å². The van der Waals surface area contributed by atoms with Gasteiger partial charge in [0.25, 0.3) is 0 Å². The minimum atomic E-state index is -0.869. The van der Waals surface area contributed by atoms with E-state index in [0.29, 0.717) is 19.4 Å². The lowest BCUT2D eigenvalue weighted by Crippen LogP contribution is -2.53. The first-order valence-corrected chi connectivity index (χ1v) is 7.52. The highest BCUT2D eigenvalue weighted by molar-refractivity contribution is 5.87. The van der Waals surface area contributed by atoms with E-state index in [-0.39, 0.29) is 23.8 Å². The summed E-state index contributed by atoms with van der Waals surface area (Å²) in [6, 6.07) is 2.36. The van der Waals surface area contributed by atoms with Crippen LogP contribution in [0.25, 0.3) is 0 Å². The Morgan fingerprint density at radius 1 is 1.25 bits per heavy atom. The zero-order chi connectivity index (χ0) is 14.8. The van der Waals surface area contributed by atoms with Gasteiger partial charge >= 0.3 is 0 Å². The number of primary amides is 1. The summed E-state index contributed by atoms with van der Waals surface area (Å²) in [5.41, 5.74) is 4.51. The molecule has 20 heavy (non-hydrogen) atoms. The molecule has 2 fully saturated rings. The Morgan fingerprint density at radius 2 is 1.90 bits per heavy atom. The highest BCUT2D eigenvalue weighted by atomic mass is 16.2. The fraction of sp³-hybridized carbons (Fsp3) is 0.800. The smallest absolute Gasteiger partial charge is 0.243 e. The molecule has 2 aliphatic rings. The van der Waals surface area contributed by atoms with Gasteiger partial charge in [0.05, 0.1) is 12.0 Å². The van der Waals surface area contributed by atoms with Crippen LogP contribution in [0.2, 0.25) is 0 Å². The van der Waals surface area contributed by atoms with Crippen LogP contribution >= 0.6 is 0 Å². The van der Waals surface area contributed by atoms with Gasteiger partial charge in [-0.1, -0.05) is 19.3 Å². The maximum atomic E-state index is 12.8. The van der Waals surface area contributed by atoms with Crippen molar-refractivity contribution in [3.05, 3.63) is 0 Å². The number of amides is 2. The van der Waals surface area contributed by atoms with Crippen molar-refractivity contribution in [1.29, 1.82) is 5.26 Å². The van der Waals surface area contributed by atoms with E-state index in [9.17, 15) is 14.9 Å². The highest BCUT2D eigenvalue weighted by Gasteiger charge is 2.45. The first kappa shape index (κ1) is 14.8. The molecule has 1 aliphatic heterocycles. The van der Waals surface area contributed by atoms with Crippen LogP contribution in [0.15, 0.2) is 0 Å². The fourth-order valence-electron chi connectivity index (χ4n) is 3.43. The standard InChI is InChI=1S/C15H23N3O2/c1-11-5-6-12(13(17)19)9-18(11)14(20)15(10-16)7-3-2-4-8-15/h11-12H,2-9H2,1H3,(H2,17,19). The predicted molar refractivity (Wildman–Crippen MR) is 74.2 cm³/mol. The quantitative estimate of drug-likeness (QED) is 0.831. The Bertz CT molecular complexity index is 435. The molecular formula is C15H23N3O2. The SMILES string of the molecule is CC1CCC(C(N)=O)CN1C(=O)C1(C#N)CCCCC1. The average molecular weight is 277 g/mol. The van der Waals surface area contributed by atoms with E-state index >= 15 is 0 Å². The molecule has 0 radical (unpaired) electrons. The zero-order valence-electron chi connectivity index (χ0n) is 12.1. The Kier molecular flexibility index (Phi) is 4.32. The van der Waals surface area contributed by atoms with Gasteiger partial charge < -0.3 is 10.6 Å². The number of piperidine rings is 1. The van der Waals surface area contributed by atoms with Gasteiger partial charge in [0, 0.05) is 12.6 Å². The van der Waals surface area contributed by atoms with Crippen LogP contribution in [0.3, 0.4) is 0 Å². The van der Waals surface area contributed by atoms with E-state index in [1.165, 1.54) is 0 Å². The van der Waals surface area contributed by atoms with Gasteiger partial charge in [-0.25, -0.2) is 0 Å². The Morgan fingerprint density at radius 3 is 2.45 bits per heavy atom. The normalized spacial score (nSPS) is 29.5. The van der Waals surface area contributed by atoms with Crippen molar-refractivity contribution in [1.82, 2.24) is 4.90 Å². The van der Waals surface area contributed by atoms with Crippen molar-refractivity contribution >= 4 is 11.8 Å². The van der Waals surface area contributed by atoms with Gasteiger partial charge in [-0.05, 0) is 32.6 Å². The van der Waals surface area contributed by atoms with Crippen LogP contribution in [0.1, 0.15) is 51.9 Å². The van der Waals surface area contributed by atoms with Crippen molar-refractivity contribution in [3.63, 3.8) is 0 Å². The molecule has 110 valence electrons. The second kappa shape index (κ2) is 5.82. The van der Waals surface area contributed by atoms with Gasteiger partial charge in [-0.2, -0.15) is 5.26 Å². The third-order valence-electron chi connectivity index (χ3n) is 4.88. The van der Waals surface area contributed by atoms with Crippen molar-refractivity contribution in [2.24, 2.45) is 17.1 Å². The monoisotopic (exact) mass is 277 g/mol. The Hall–Kier alpha value is -1.57. The van der Waals surface area contributed by atoms with E-state index in [1.807, 2.05) is 6.92 Å². The minimum Gasteiger partial charge on any atom is -0.369 e. The van der Waals surface area contributed by atoms with Crippen LogP contribution < -0.4 is 5.73 Å². The molecule has 2 amide bonds.